The zero-order chi connectivity index (χ0) is 13.8. The molecule has 0 aromatic heterocycles. The van der Waals surface area contributed by atoms with E-state index >= 15 is 0 Å². The minimum atomic E-state index is -0.408. The van der Waals surface area contributed by atoms with Crippen molar-refractivity contribution in [1.29, 1.82) is 0 Å². The molecule has 0 radical (unpaired) electrons. The van der Waals surface area contributed by atoms with E-state index in [1.807, 2.05) is 0 Å². The fourth-order valence-corrected chi connectivity index (χ4v) is 2.62. The molecular formula is C15H21NO3. The van der Waals surface area contributed by atoms with Gasteiger partial charge in [0, 0.05) is 6.54 Å². The lowest BCUT2D eigenvalue weighted by Gasteiger charge is -2.26. The topological polar surface area (TPSA) is 69.6 Å². The molecule has 19 heavy (non-hydrogen) atoms. The van der Waals surface area contributed by atoms with Crippen molar-refractivity contribution in [1.82, 2.24) is 5.32 Å². The SMILES string of the molecule is CC1CCC(CNC(=O)c2c(O)cccc2O)CC1. The van der Waals surface area contributed by atoms with Gasteiger partial charge in [0.1, 0.15) is 17.1 Å². The van der Waals surface area contributed by atoms with Gasteiger partial charge in [0.2, 0.25) is 0 Å². The molecule has 1 aliphatic rings. The second-order valence-electron chi connectivity index (χ2n) is 5.51. The van der Waals surface area contributed by atoms with Gasteiger partial charge in [0.05, 0.1) is 0 Å². The van der Waals surface area contributed by atoms with Gasteiger partial charge in [-0.25, -0.2) is 0 Å². The molecule has 1 amide bonds. The summed E-state index contributed by atoms with van der Waals surface area (Å²) < 4.78 is 0. The first-order valence-corrected chi connectivity index (χ1v) is 6.87. The van der Waals surface area contributed by atoms with Crippen molar-refractivity contribution >= 4 is 5.91 Å². The predicted octanol–water partition coefficient (Wildman–Crippen LogP) is 2.65. The van der Waals surface area contributed by atoms with Crippen molar-refractivity contribution in [2.24, 2.45) is 11.8 Å². The molecule has 4 heteroatoms. The first-order valence-electron chi connectivity index (χ1n) is 6.87. The van der Waals surface area contributed by atoms with Gasteiger partial charge in [-0.3, -0.25) is 4.79 Å². The molecule has 0 unspecified atom stereocenters. The number of benzene rings is 1. The summed E-state index contributed by atoms with van der Waals surface area (Å²) >= 11 is 0. The molecule has 1 fully saturated rings. The monoisotopic (exact) mass is 263 g/mol. The Balaban J connectivity index is 1.91. The molecule has 0 atom stereocenters. The van der Waals surface area contributed by atoms with Gasteiger partial charge in [-0.05, 0) is 36.8 Å². The summed E-state index contributed by atoms with van der Waals surface area (Å²) in [5.41, 5.74) is -0.0355. The number of aromatic hydroxyl groups is 2. The number of carbonyl (C=O) groups excluding carboxylic acids is 1. The van der Waals surface area contributed by atoms with Crippen LogP contribution in [0.2, 0.25) is 0 Å². The Morgan fingerprint density at radius 3 is 2.37 bits per heavy atom. The quantitative estimate of drug-likeness (QED) is 0.785. The highest BCUT2D eigenvalue weighted by Crippen LogP contribution is 2.29. The van der Waals surface area contributed by atoms with Crippen molar-refractivity contribution in [3.05, 3.63) is 23.8 Å². The third kappa shape index (κ3) is 3.40. The molecule has 1 aromatic carbocycles. The lowest BCUT2D eigenvalue weighted by atomic mass is 9.83. The maximum atomic E-state index is 12.0. The van der Waals surface area contributed by atoms with Crippen LogP contribution in [0.3, 0.4) is 0 Å². The molecule has 0 spiro atoms. The van der Waals surface area contributed by atoms with Crippen LogP contribution in [0.4, 0.5) is 0 Å². The zero-order valence-corrected chi connectivity index (χ0v) is 11.2. The minimum absolute atomic E-state index is 0.0355. The average molecular weight is 263 g/mol. The summed E-state index contributed by atoms with van der Waals surface area (Å²) in [4.78, 5) is 12.0. The Labute approximate surface area is 113 Å². The normalized spacial score (nSPS) is 23.0. The first-order chi connectivity index (χ1) is 9.08. The number of rotatable bonds is 3. The Bertz CT molecular complexity index is 430. The van der Waals surface area contributed by atoms with E-state index < -0.39 is 5.91 Å². The molecule has 0 aliphatic heterocycles. The highest BCUT2D eigenvalue weighted by atomic mass is 16.3. The summed E-state index contributed by atoms with van der Waals surface area (Å²) in [6, 6.07) is 4.30. The molecule has 4 nitrogen and oxygen atoms in total. The van der Waals surface area contributed by atoms with E-state index in [4.69, 9.17) is 0 Å². The minimum Gasteiger partial charge on any atom is -0.507 e. The maximum Gasteiger partial charge on any atom is 0.258 e. The summed E-state index contributed by atoms with van der Waals surface area (Å²) in [6.45, 7) is 2.87. The average Bonchev–Trinajstić information content (AvgIpc) is 2.38. The van der Waals surface area contributed by atoms with E-state index in [9.17, 15) is 15.0 Å². The van der Waals surface area contributed by atoms with Crippen molar-refractivity contribution in [3.8, 4) is 11.5 Å². The van der Waals surface area contributed by atoms with Crippen LogP contribution in [-0.4, -0.2) is 22.7 Å². The Hall–Kier alpha value is -1.71. The first kappa shape index (κ1) is 13.7. The number of hydrogen-bond donors (Lipinski definition) is 3. The van der Waals surface area contributed by atoms with E-state index in [-0.39, 0.29) is 17.1 Å². The molecule has 1 aliphatic carbocycles. The van der Waals surface area contributed by atoms with E-state index in [0.717, 1.165) is 18.8 Å². The van der Waals surface area contributed by atoms with Gasteiger partial charge in [-0.2, -0.15) is 0 Å². The van der Waals surface area contributed by atoms with Gasteiger partial charge >= 0.3 is 0 Å². The van der Waals surface area contributed by atoms with E-state index in [0.29, 0.717) is 12.5 Å². The molecule has 0 saturated heterocycles. The van der Waals surface area contributed by atoms with Gasteiger partial charge < -0.3 is 15.5 Å². The van der Waals surface area contributed by atoms with Crippen molar-refractivity contribution in [2.45, 2.75) is 32.6 Å². The molecule has 1 aromatic rings. The van der Waals surface area contributed by atoms with Crippen molar-refractivity contribution < 1.29 is 15.0 Å². The van der Waals surface area contributed by atoms with Crippen molar-refractivity contribution in [2.75, 3.05) is 6.54 Å². The van der Waals surface area contributed by atoms with E-state index in [1.165, 1.54) is 31.0 Å². The van der Waals surface area contributed by atoms with Gasteiger partial charge in [0.15, 0.2) is 0 Å². The molecule has 104 valence electrons. The molecule has 0 heterocycles. The highest BCUT2D eigenvalue weighted by molar-refractivity contribution is 5.99. The van der Waals surface area contributed by atoms with Crippen LogP contribution >= 0.6 is 0 Å². The lowest BCUT2D eigenvalue weighted by molar-refractivity contribution is 0.0936. The Kier molecular flexibility index (Phi) is 4.30. The molecule has 3 N–H and O–H groups in total. The third-order valence-electron chi connectivity index (χ3n) is 3.93. The second-order valence-corrected chi connectivity index (χ2v) is 5.51. The van der Waals surface area contributed by atoms with E-state index in [2.05, 4.69) is 12.2 Å². The summed E-state index contributed by atoms with van der Waals surface area (Å²) in [5, 5.41) is 22.0. The van der Waals surface area contributed by atoms with Crippen LogP contribution in [-0.2, 0) is 0 Å². The maximum absolute atomic E-state index is 12.0. The molecule has 0 bridgehead atoms. The van der Waals surface area contributed by atoms with Gasteiger partial charge in [-0.15, -0.1) is 0 Å². The third-order valence-corrected chi connectivity index (χ3v) is 3.93. The number of hydrogen-bond acceptors (Lipinski definition) is 3. The lowest BCUT2D eigenvalue weighted by Crippen LogP contribution is -2.31. The van der Waals surface area contributed by atoms with Crippen LogP contribution in [0.1, 0.15) is 43.0 Å². The highest BCUT2D eigenvalue weighted by Gasteiger charge is 2.20. The fraction of sp³-hybridized carbons (Fsp3) is 0.533. The number of phenols is 2. The zero-order valence-electron chi connectivity index (χ0n) is 11.2. The Morgan fingerprint density at radius 1 is 1.21 bits per heavy atom. The number of carbonyl (C=O) groups is 1. The van der Waals surface area contributed by atoms with Crippen LogP contribution < -0.4 is 5.32 Å². The number of nitrogens with one attached hydrogen (secondary N) is 1. The summed E-state index contributed by atoms with van der Waals surface area (Å²) in [6.07, 6.45) is 4.69. The van der Waals surface area contributed by atoms with Gasteiger partial charge in [-0.1, -0.05) is 25.8 Å². The molecular weight excluding hydrogens is 242 g/mol. The van der Waals surface area contributed by atoms with Gasteiger partial charge in [0.25, 0.3) is 5.91 Å². The molecule has 1 saturated carbocycles. The fourth-order valence-electron chi connectivity index (χ4n) is 2.62. The van der Waals surface area contributed by atoms with Crippen LogP contribution in [0, 0.1) is 11.8 Å². The number of phenolic OH excluding ortho intramolecular Hbond substituents is 2. The second kappa shape index (κ2) is 5.95. The standard InChI is InChI=1S/C15H21NO3/c1-10-5-7-11(8-6-10)9-16-15(19)14-12(17)3-2-4-13(14)18/h2-4,10-11,17-18H,5-9H2,1H3,(H,16,19). The molecule has 2 rings (SSSR count). The van der Waals surface area contributed by atoms with E-state index in [1.54, 1.807) is 0 Å². The van der Waals surface area contributed by atoms with Crippen LogP contribution in [0.15, 0.2) is 18.2 Å². The number of amides is 1. The van der Waals surface area contributed by atoms with Crippen LogP contribution in [0.25, 0.3) is 0 Å². The Morgan fingerprint density at radius 2 is 1.79 bits per heavy atom. The van der Waals surface area contributed by atoms with Crippen LogP contribution in [0.5, 0.6) is 11.5 Å². The smallest absolute Gasteiger partial charge is 0.258 e. The summed E-state index contributed by atoms with van der Waals surface area (Å²) in [5.74, 6) is 0.515. The summed E-state index contributed by atoms with van der Waals surface area (Å²) in [7, 11) is 0. The largest absolute Gasteiger partial charge is 0.507 e. The predicted molar refractivity (Wildman–Crippen MR) is 73.2 cm³/mol. The van der Waals surface area contributed by atoms with Crippen molar-refractivity contribution in [3.63, 3.8) is 0 Å².